The van der Waals surface area contributed by atoms with Crippen molar-refractivity contribution < 1.29 is 36.6 Å². The molecule has 1 aromatic heterocycles. The molecule has 4 rings (SSSR count). The summed E-state index contributed by atoms with van der Waals surface area (Å²) < 4.78 is 66.9. The molecule has 3 amide bonds. The van der Waals surface area contributed by atoms with Gasteiger partial charge in [-0.05, 0) is 36.4 Å². The second-order valence-electron chi connectivity index (χ2n) is 8.92. The van der Waals surface area contributed by atoms with E-state index in [9.17, 15) is 22.8 Å². The monoisotopic (exact) mass is 583 g/mol. The summed E-state index contributed by atoms with van der Waals surface area (Å²) in [7, 11) is 2.95. The Morgan fingerprint density at radius 1 is 1.18 bits per heavy atom. The predicted molar refractivity (Wildman–Crippen MR) is 138 cm³/mol. The molecule has 0 radical (unpaired) electrons. The van der Waals surface area contributed by atoms with Crippen LogP contribution in [0.5, 0.6) is 5.75 Å². The smallest absolute Gasteiger partial charge is 0.417 e. The van der Waals surface area contributed by atoms with Gasteiger partial charge in [-0.15, -0.1) is 0 Å². The number of halogens is 5. The molecular formula is C26H26ClF4N5O4. The minimum atomic E-state index is -4.73. The second kappa shape index (κ2) is 12.2. The molecule has 0 spiro atoms. The molecule has 1 aromatic carbocycles. The Morgan fingerprint density at radius 2 is 1.93 bits per heavy atom. The van der Waals surface area contributed by atoms with E-state index in [0.717, 1.165) is 17.0 Å². The summed E-state index contributed by atoms with van der Waals surface area (Å²) in [4.78, 5) is 33.4. The van der Waals surface area contributed by atoms with Crippen molar-refractivity contribution >= 4 is 29.2 Å². The highest BCUT2D eigenvalue weighted by atomic mass is 35.5. The van der Waals surface area contributed by atoms with Crippen LogP contribution in [-0.4, -0.2) is 73.5 Å². The molecule has 1 fully saturated rings. The molecule has 0 saturated carbocycles. The van der Waals surface area contributed by atoms with Gasteiger partial charge >= 0.3 is 12.2 Å². The van der Waals surface area contributed by atoms with Crippen molar-refractivity contribution in [3.05, 3.63) is 76.4 Å². The average molecular weight is 584 g/mol. The standard InChI is InChI=1S/C26H26ClF4N5O4/c1-32-24(37)22-13-18(7-8-33-22)40-17-4-6-23(21(28)12-17)36-15-34(9-10-39-2)14-35(25(36)38)16-3-5-20(27)19(11-16)26(29,30)31/h3-8,11,13,21H,9-10,12,14-15H2,1-2H3,(H,32,37). The van der Waals surface area contributed by atoms with Gasteiger partial charge in [0.2, 0.25) is 0 Å². The molecule has 9 nitrogen and oxygen atoms in total. The van der Waals surface area contributed by atoms with Gasteiger partial charge in [0.1, 0.15) is 23.4 Å². The molecule has 2 heterocycles. The summed E-state index contributed by atoms with van der Waals surface area (Å²) in [6.45, 7) is 0.571. The van der Waals surface area contributed by atoms with Gasteiger partial charge in [0.15, 0.2) is 0 Å². The van der Waals surface area contributed by atoms with Crippen LogP contribution in [0, 0.1) is 0 Å². The lowest BCUT2D eigenvalue weighted by molar-refractivity contribution is -0.137. The number of nitrogens with one attached hydrogen (secondary N) is 1. The first-order valence-electron chi connectivity index (χ1n) is 12.1. The van der Waals surface area contributed by atoms with E-state index in [1.165, 1.54) is 55.6 Å². The Labute approximate surface area is 232 Å². The molecule has 1 atom stereocenters. The number of alkyl halides is 4. The van der Waals surface area contributed by atoms with Gasteiger partial charge in [0.05, 0.1) is 36.2 Å². The summed E-state index contributed by atoms with van der Waals surface area (Å²) >= 11 is 5.76. The van der Waals surface area contributed by atoms with E-state index in [1.807, 2.05) is 0 Å². The molecule has 40 heavy (non-hydrogen) atoms. The van der Waals surface area contributed by atoms with Crippen LogP contribution in [0.2, 0.25) is 5.02 Å². The highest BCUT2D eigenvalue weighted by Gasteiger charge is 2.39. The number of methoxy groups -OCH3 is 1. The van der Waals surface area contributed by atoms with Crippen molar-refractivity contribution in [2.75, 3.05) is 45.5 Å². The number of anilines is 1. The number of aromatic nitrogens is 1. The summed E-state index contributed by atoms with van der Waals surface area (Å²) in [6.07, 6.45) is -2.33. The molecule has 2 aromatic rings. The summed E-state index contributed by atoms with van der Waals surface area (Å²) in [5, 5.41) is 1.96. The number of nitrogens with zero attached hydrogens (tertiary/aromatic N) is 4. The number of pyridine rings is 1. The van der Waals surface area contributed by atoms with E-state index >= 15 is 4.39 Å². The Morgan fingerprint density at radius 3 is 2.60 bits per heavy atom. The Kier molecular flexibility index (Phi) is 8.96. The SMILES string of the molecule is CNC(=O)c1cc(OC2=CC=C(N3CN(CCOC)CN(c4ccc(Cl)c(C(F)(F)F)c4)C3=O)C(F)C2)ccn1. The minimum Gasteiger partial charge on any atom is -0.461 e. The van der Waals surface area contributed by atoms with Crippen molar-refractivity contribution in [3.8, 4) is 5.75 Å². The fourth-order valence-electron chi connectivity index (χ4n) is 4.20. The molecule has 214 valence electrons. The fourth-order valence-corrected chi connectivity index (χ4v) is 4.43. The van der Waals surface area contributed by atoms with E-state index in [-0.39, 0.29) is 55.0 Å². The highest BCUT2D eigenvalue weighted by molar-refractivity contribution is 6.31. The lowest BCUT2D eigenvalue weighted by Crippen LogP contribution is -2.59. The summed E-state index contributed by atoms with van der Waals surface area (Å²) in [5.41, 5.74) is -0.976. The molecular weight excluding hydrogens is 558 g/mol. The van der Waals surface area contributed by atoms with E-state index < -0.39 is 34.9 Å². The number of carbonyl (C=O) groups excluding carboxylic acids is 2. The molecule has 2 aliphatic rings. The number of urea groups is 1. The number of hydrogen-bond acceptors (Lipinski definition) is 6. The van der Waals surface area contributed by atoms with Crippen LogP contribution in [0.3, 0.4) is 0 Å². The zero-order chi connectivity index (χ0) is 29.0. The van der Waals surface area contributed by atoms with Gasteiger partial charge in [-0.1, -0.05) is 11.6 Å². The molecule has 1 N–H and O–H groups in total. The largest absolute Gasteiger partial charge is 0.461 e. The Balaban J connectivity index is 1.61. The maximum absolute atomic E-state index is 15.5. The zero-order valence-corrected chi connectivity index (χ0v) is 22.3. The molecule has 0 bridgehead atoms. The third kappa shape index (κ3) is 6.54. The number of ether oxygens (including phenoxy) is 2. The van der Waals surface area contributed by atoms with Gasteiger partial charge in [-0.3, -0.25) is 24.5 Å². The van der Waals surface area contributed by atoms with Crippen molar-refractivity contribution in [2.45, 2.75) is 18.8 Å². The van der Waals surface area contributed by atoms with Crippen LogP contribution in [-0.2, 0) is 10.9 Å². The number of hydrogen-bond donors (Lipinski definition) is 1. The molecule has 1 unspecified atom stereocenters. The topological polar surface area (TPSA) is 87.2 Å². The van der Waals surface area contributed by atoms with E-state index in [0.29, 0.717) is 6.54 Å². The van der Waals surface area contributed by atoms with Gasteiger partial charge in [-0.25, -0.2) is 9.18 Å². The highest BCUT2D eigenvalue weighted by Crippen LogP contribution is 2.38. The molecule has 14 heteroatoms. The van der Waals surface area contributed by atoms with E-state index in [1.54, 1.807) is 4.90 Å². The van der Waals surface area contributed by atoms with Crippen LogP contribution in [0.1, 0.15) is 22.5 Å². The maximum Gasteiger partial charge on any atom is 0.417 e. The minimum absolute atomic E-state index is 0.00542. The average Bonchev–Trinajstić information content (AvgIpc) is 2.92. The van der Waals surface area contributed by atoms with Gasteiger partial charge in [0.25, 0.3) is 5.91 Å². The second-order valence-corrected chi connectivity index (χ2v) is 9.33. The maximum atomic E-state index is 15.5. The summed E-state index contributed by atoms with van der Waals surface area (Å²) in [5.74, 6) is 0.108. The van der Waals surface area contributed by atoms with Crippen LogP contribution < -0.4 is 15.0 Å². The number of benzene rings is 1. The first-order valence-corrected chi connectivity index (χ1v) is 12.5. The number of amides is 3. The third-order valence-electron chi connectivity index (χ3n) is 6.22. The number of allylic oxidation sites excluding steroid dienone is 4. The Hall–Kier alpha value is -3.68. The lowest BCUT2D eigenvalue weighted by Gasteiger charge is -2.43. The fraction of sp³-hybridized carbons (Fsp3) is 0.346. The first kappa shape index (κ1) is 29.3. The zero-order valence-electron chi connectivity index (χ0n) is 21.5. The Bertz CT molecular complexity index is 1340. The van der Waals surface area contributed by atoms with Crippen LogP contribution in [0.4, 0.5) is 28.0 Å². The molecule has 1 aliphatic heterocycles. The van der Waals surface area contributed by atoms with E-state index in [4.69, 9.17) is 21.1 Å². The van der Waals surface area contributed by atoms with Gasteiger partial charge in [0, 0.05) is 45.1 Å². The number of carbonyl (C=O) groups is 2. The van der Waals surface area contributed by atoms with Gasteiger partial charge in [-0.2, -0.15) is 13.2 Å². The van der Waals surface area contributed by atoms with Crippen molar-refractivity contribution in [1.82, 2.24) is 20.1 Å². The summed E-state index contributed by atoms with van der Waals surface area (Å²) in [6, 6.07) is 5.41. The van der Waals surface area contributed by atoms with Crippen LogP contribution in [0.25, 0.3) is 0 Å². The first-order chi connectivity index (χ1) is 19.0. The predicted octanol–water partition coefficient (Wildman–Crippen LogP) is 4.81. The molecule has 1 saturated heterocycles. The van der Waals surface area contributed by atoms with Crippen molar-refractivity contribution in [1.29, 1.82) is 0 Å². The van der Waals surface area contributed by atoms with Crippen LogP contribution >= 0.6 is 11.6 Å². The van der Waals surface area contributed by atoms with Crippen molar-refractivity contribution in [3.63, 3.8) is 0 Å². The van der Waals surface area contributed by atoms with Gasteiger partial charge < -0.3 is 14.8 Å². The number of rotatable bonds is 8. The van der Waals surface area contributed by atoms with E-state index in [2.05, 4.69) is 10.3 Å². The normalized spacial score (nSPS) is 18.4. The lowest BCUT2D eigenvalue weighted by atomic mass is 10.1. The molecule has 1 aliphatic carbocycles. The van der Waals surface area contributed by atoms with Crippen molar-refractivity contribution in [2.24, 2.45) is 0 Å². The third-order valence-corrected chi connectivity index (χ3v) is 6.55. The quantitative estimate of drug-likeness (QED) is 0.449. The van der Waals surface area contributed by atoms with Crippen LogP contribution in [0.15, 0.2) is 60.1 Å².